The summed E-state index contributed by atoms with van der Waals surface area (Å²) in [5, 5.41) is 8.40. The van der Waals surface area contributed by atoms with Gasteiger partial charge in [0, 0.05) is 12.1 Å². The van der Waals surface area contributed by atoms with Gasteiger partial charge in [-0.25, -0.2) is 4.79 Å². The molecule has 0 aliphatic carbocycles. The standard InChI is InChI=1S/C7H6O4/c1-4-2-5(8)3-6(11-4)7(9)10/h2-3H,1H3,(H,9,10). The smallest absolute Gasteiger partial charge is 0.371 e. The SMILES string of the molecule is Cc1cc(=O)cc(C(=O)O)o1. The topological polar surface area (TPSA) is 67.5 Å². The molecule has 0 fully saturated rings. The molecule has 58 valence electrons. The quantitative estimate of drug-likeness (QED) is 0.644. The summed E-state index contributed by atoms with van der Waals surface area (Å²) in [7, 11) is 0. The van der Waals surface area contributed by atoms with Crippen molar-refractivity contribution in [3.63, 3.8) is 0 Å². The van der Waals surface area contributed by atoms with Crippen molar-refractivity contribution in [3.05, 3.63) is 33.9 Å². The molecular weight excluding hydrogens is 148 g/mol. The van der Waals surface area contributed by atoms with E-state index in [1.165, 1.54) is 13.0 Å². The van der Waals surface area contributed by atoms with Gasteiger partial charge in [-0.2, -0.15) is 0 Å². The maximum atomic E-state index is 10.7. The van der Waals surface area contributed by atoms with Crippen molar-refractivity contribution < 1.29 is 14.3 Å². The summed E-state index contributed by atoms with van der Waals surface area (Å²) in [4.78, 5) is 21.0. The van der Waals surface area contributed by atoms with Crippen LogP contribution < -0.4 is 5.43 Å². The number of carboxylic acid groups (broad SMARTS) is 1. The van der Waals surface area contributed by atoms with E-state index in [0.717, 1.165) is 6.07 Å². The maximum absolute atomic E-state index is 10.7. The van der Waals surface area contributed by atoms with E-state index in [1.807, 2.05) is 0 Å². The van der Waals surface area contributed by atoms with Gasteiger partial charge in [0.25, 0.3) is 0 Å². The van der Waals surface area contributed by atoms with Crippen molar-refractivity contribution >= 4 is 5.97 Å². The van der Waals surface area contributed by atoms with Gasteiger partial charge in [-0.1, -0.05) is 0 Å². The third kappa shape index (κ3) is 1.67. The van der Waals surface area contributed by atoms with Crippen molar-refractivity contribution in [2.75, 3.05) is 0 Å². The lowest BCUT2D eigenvalue weighted by Crippen LogP contribution is -2.05. The molecule has 11 heavy (non-hydrogen) atoms. The average molecular weight is 154 g/mol. The summed E-state index contributed by atoms with van der Waals surface area (Å²) in [5.74, 6) is -1.25. The van der Waals surface area contributed by atoms with Gasteiger partial charge in [0.2, 0.25) is 5.76 Å². The Hall–Kier alpha value is -1.58. The number of aromatic carboxylic acids is 1. The molecule has 0 unspecified atom stereocenters. The first-order chi connectivity index (χ1) is 5.09. The molecule has 0 saturated heterocycles. The summed E-state index contributed by atoms with van der Waals surface area (Å²) < 4.78 is 4.72. The van der Waals surface area contributed by atoms with E-state index < -0.39 is 5.97 Å². The Morgan fingerprint density at radius 3 is 2.64 bits per heavy atom. The summed E-state index contributed by atoms with van der Waals surface area (Å²) in [6.07, 6.45) is 0. The molecule has 4 heteroatoms. The molecular formula is C7H6O4. The molecule has 0 aromatic carbocycles. The van der Waals surface area contributed by atoms with Crippen LogP contribution in [0.25, 0.3) is 0 Å². The number of aryl methyl sites for hydroxylation is 1. The Labute approximate surface area is 62.1 Å². The van der Waals surface area contributed by atoms with E-state index in [4.69, 9.17) is 9.52 Å². The molecule has 1 aromatic rings. The summed E-state index contributed by atoms with van der Waals surface area (Å²) in [5.41, 5.74) is -0.355. The first kappa shape index (κ1) is 7.53. The van der Waals surface area contributed by atoms with Crippen LogP contribution in [0, 0.1) is 6.92 Å². The van der Waals surface area contributed by atoms with Crippen LogP contribution in [-0.4, -0.2) is 11.1 Å². The molecule has 0 radical (unpaired) electrons. The van der Waals surface area contributed by atoms with Gasteiger partial charge < -0.3 is 9.52 Å². The fraction of sp³-hybridized carbons (Fsp3) is 0.143. The van der Waals surface area contributed by atoms with E-state index in [9.17, 15) is 9.59 Å². The third-order valence-electron chi connectivity index (χ3n) is 1.10. The Morgan fingerprint density at radius 2 is 2.18 bits per heavy atom. The lowest BCUT2D eigenvalue weighted by atomic mass is 10.3. The third-order valence-corrected chi connectivity index (χ3v) is 1.10. The first-order valence-corrected chi connectivity index (χ1v) is 2.94. The zero-order chi connectivity index (χ0) is 8.43. The van der Waals surface area contributed by atoms with Gasteiger partial charge in [-0.15, -0.1) is 0 Å². The van der Waals surface area contributed by atoms with Crippen molar-refractivity contribution in [2.24, 2.45) is 0 Å². The second-order valence-corrected chi connectivity index (χ2v) is 2.07. The molecule has 0 amide bonds. The van der Waals surface area contributed by atoms with Crippen LogP contribution in [0.3, 0.4) is 0 Å². The van der Waals surface area contributed by atoms with E-state index in [2.05, 4.69) is 0 Å². The van der Waals surface area contributed by atoms with Crippen molar-refractivity contribution in [3.8, 4) is 0 Å². The number of rotatable bonds is 1. The highest BCUT2D eigenvalue weighted by Crippen LogP contribution is 1.98. The summed E-state index contributed by atoms with van der Waals surface area (Å²) in [6.45, 7) is 1.52. The molecule has 0 bridgehead atoms. The number of hydrogen-bond donors (Lipinski definition) is 1. The number of carboxylic acids is 1. The van der Waals surface area contributed by atoms with Crippen LogP contribution in [0.1, 0.15) is 16.3 Å². The van der Waals surface area contributed by atoms with Gasteiger partial charge in [-0.3, -0.25) is 4.79 Å². The normalized spacial score (nSPS) is 9.55. The Morgan fingerprint density at radius 1 is 1.55 bits per heavy atom. The molecule has 1 rings (SSSR count). The van der Waals surface area contributed by atoms with Crippen molar-refractivity contribution in [1.29, 1.82) is 0 Å². The maximum Gasteiger partial charge on any atom is 0.371 e. The molecule has 1 aromatic heterocycles. The van der Waals surface area contributed by atoms with Crippen LogP contribution in [0.15, 0.2) is 21.3 Å². The molecule has 0 spiro atoms. The largest absolute Gasteiger partial charge is 0.475 e. The van der Waals surface area contributed by atoms with Gasteiger partial charge in [0.1, 0.15) is 5.76 Å². The van der Waals surface area contributed by atoms with E-state index in [0.29, 0.717) is 5.76 Å². The van der Waals surface area contributed by atoms with Gasteiger partial charge in [-0.05, 0) is 6.92 Å². The fourth-order valence-electron chi connectivity index (χ4n) is 0.709. The highest BCUT2D eigenvalue weighted by Gasteiger charge is 2.06. The second-order valence-electron chi connectivity index (χ2n) is 2.07. The van der Waals surface area contributed by atoms with Gasteiger partial charge in [0.05, 0.1) is 0 Å². The molecule has 1 heterocycles. The van der Waals surface area contributed by atoms with Gasteiger partial charge >= 0.3 is 5.97 Å². The Balaban J connectivity index is 3.30. The van der Waals surface area contributed by atoms with Crippen LogP contribution in [0.2, 0.25) is 0 Å². The van der Waals surface area contributed by atoms with Crippen molar-refractivity contribution in [2.45, 2.75) is 6.92 Å². The van der Waals surface area contributed by atoms with E-state index >= 15 is 0 Å². The minimum absolute atomic E-state index is 0.301. The highest BCUT2D eigenvalue weighted by molar-refractivity contribution is 5.84. The summed E-state index contributed by atoms with van der Waals surface area (Å²) >= 11 is 0. The number of hydrogen-bond acceptors (Lipinski definition) is 3. The fourth-order valence-corrected chi connectivity index (χ4v) is 0.709. The monoisotopic (exact) mass is 154 g/mol. The second kappa shape index (κ2) is 2.57. The molecule has 0 saturated carbocycles. The van der Waals surface area contributed by atoms with Crippen LogP contribution in [0.5, 0.6) is 0 Å². The predicted octanol–water partition coefficient (Wildman–Crippen LogP) is 0.646. The zero-order valence-corrected chi connectivity index (χ0v) is 5.83. The van der Waals surface area contributed by atoms with Crippen molar-refractivity contribution in [1.82, 2.24) is 0 Å². The average Bonchev–Trinajstić information content (AvgIpc) is 1.85. The minimum atomic E-state index is -1.23. The number of carbonyl (C=O) groups is 1. The molecule has 0 aliphatic heterocycles. The van der Waals surface area contributed by atoms with Gasteiger partial charge in [0.15, 0.2) is 5.43 Å². The van der Waals surface area contributed by atoms with E-state index in [-0.39, 0.29) is 11.2 Å². The molecule has 0 atom stereocenters. The Kier molecular flexibility index (Phi) is 1.76. The molecule has 0 aliphatic rings. The van der Waals surface area contributed by atoms with Crippen LogP contribution in [0.4, 0.5) is 0 Å². The van der Waals surface area contributed by atoms with Crippen LogP contribution in [-0.2, 0) is 0 Å². The van der Waals surface area contributed by atoms with E-state index in [1.54, 1.807) is 0 Å². The lowest BCUT2D eigenvalue weighted by Gasteiger charge is -1.93. The van der Waals surface area contributed by atoms with Crippen LogP contribution >= 0.6 is 0 Å². The summed E-state index contributed by atoms with van der Waals surface area (Å²) in [6, 6.07) is 2.17. The minimum Gasteiger partial charge on any atom is -0.475 e. The molecule has 4 nitrogen and oxygen atoms in total. The lowest BCUT2D eigenvalue weighted by molar-refractivity contribution is 0.0657. The molecule has 1 N–H and O–H groups in total. The Bertz CT molecular complexity index is 337. The first-order valence-electron chi connectivity index (χ1n) is 2.94. The predicted molar refractivity (Wildman–Crippen MR) is 36.7 cm³/mol. The highest BCUT2D eigenvalue weighted by atomic mass is 16.4. The zero-order valence-electron chi connectivity index (χ0n) is 5.83.